The van der Waals surface area contributed by atoms with Gasteiger partial charge < -0.3 is 0 Å². The summed E-state index contributed by atoms with van der Waals surface area (Å²) in [7, 11) is 0. The minimum absolute atomic E-state index is 0.947. The highest BCUT2D eigenvalue weighted by Gasteiger charge is 1.81. The molecule has 0 aliphatic carbocycles. The second kappa shape index (κ2) is 11.8. The van der Waals surface area contributed by atoms with Gasteiger partial charge in [0.05, 0.1) is 0 Å². The second-order valence-corrected chi connectivity index (χ2v) is 1.56. The smallest absolute Gasteiger partial charge is 0.114 e. The third kappa shape index (κ3) is 9.08. The number of nitrogens with zero attached hydrogens (tertiary/aromatic N) is 2. The van der Waals surface area contributed by atoms with Crippen molar-refractivity contribution in [2.45, 2.75) is 34.1 Å². The van der Waals surface area contributed by atoms with Crippen molar-refractivity contribution in [2.75, 3.05) is 0 Å². The summed E-state index contributed by atoms with van der Waals surface area (Å²) in [5.74, 6) is 0. The van der Waals surface area contributed by atoms with Gasteiger partial charge in [0.2, 0.25) is 0 Å². The first kappa shape index (κ1) is 12.7. The fraction of sp³-hybridized carbons (Fsp3) is 0.556. The third-order valence-electron chi connectivity index (χ3n) is 1.00. The van der Waals surface area contributed by atoms with Gasteiger partial charge in [-0.3, -0.25) is 4.99 Å². The molecule has 0 saturated carbocycles. The molecule has 0 radical (unpaired) electrons. The van der Waals surface area contributed by atoms with Crippen LogP contribution in [0, 0.1) is 0 Å². The molecule has 0 heterocycles. The Morgan fingerprint density at radius 1 is 1.45 bits per heavy atom. The molecule has 0 atom stereocenters. The number of hydrogen-bond donors (Lipinski definition) is 0. The molecule has 0 spiro atoms. The van der Waals surface area contributed by atoms with E-state index in [1.165, 1.54) is 6.34 Å². The van der Waals surface area contributed by atoms with Crippen molar-refractivity contribution in [1.29, 1.82) is 0 Å². The van der Waals surface area contributed by atoms with Crippen LogP contribution in [0.2, 0.25) is 0 Å². The molecule has 0 rings (SSSR count). The third-order valence-corrected chi connectivity index (χ3v) is 1.00. The van der Waals surface area contributed by atoms with Crippen molar-refractivity contribution in [3.63, 3.8) is 0 Å². The van der Waals surface area contributed by atoms with Gasteiger partial charge in [-0.15, -0.1) is 0 Å². The molecule has 11 heavy (non-hydrogen) atoms. The molecule has 64 valence electrons. The van der Waals surface area contributed by atoms with Crippen LogP contribution >= 0.6 is 0 Å². The van der Waals surface area contributed by atoms with Crippen LogP contribution in [0.3, 0.4) is 0 Å². The van der Waals surface area contributed by atoms with Crippen molar-refractivity contribution in [3.8, 4) is 0 Å². The number of aliphatic imine (C=N–C) groups is 2. The maximum absolute atomic E-state index is 3.99. The Morgan fingerprint density at radius 3 is 2.27 bits per heavy atom. The lowest BCUT2D eigenvalue weighted by Crippen LogP contribution is -1.73. The predicted octanol–water partition coefficient (Wildman–Crippen LogP) is 3.06. The summed E-state index contributed by atoms with van der Waals surface area (Å²) in [6.45, 7) is 11.3. The maximum atomic E-state index is 3.99. The lowest BCUT2D eigenvalue weighted by atomic mass is 10.3. The lowest BCUT2D eigenvalue weighted by Gasteiger charge is -1.89. The predicted molar refractivity (Wildman–Crippen MR) is 53.4 cm³/mol. The highest BCUT2D eigenvalue weighted by atomic mass is 14.8. The van der Waals surface area contributed by atoms with Crippen molar-refractivity contribution >= 4 is 13.1 Å². The lowest BCUT2D eigenvalue weighted by molar-refractivity contribution is 1.06. The minimum Gasteiger partial charge on any atom is -0.253 e. The Labute approximate surface area is 69.8 Å². The molecule has 0 N–H and O–H groups in total. The van der Waals surface area contributed by atoms with Gasteiger partial charge in [-0.25, -0.2) is 4.99 Å². The number of allylic oxidation sites excluding steroid dienone is 2. The van der Waals surface area contributed by atoms with Gasteiger partial charge in [0, 0.05) is 5.70 Å². The van der Waals surface area contributed by atoms with Gasteiger partial charge >= 0.3 is 0 Å². The van der Waals surface area contributed by atoms with Crippen molar-refractivity contribution in [3.05, 3.63) is 11.8 Å². The minimum atomic E-state index is 0.947. The molecule has 0 aromatic carbocycles. The van der Waals surface area contributed by atoms with Gasteiger partial charge in [-0.2, -0.15) is 0 Å². The maximum Gasteiger partial charge on any atom is 0.114 e. The van der Waals surface area contributed by atoms with E-state index in [4.69, 9.17) is 0 Å². The summed E-state index contributed by atoms with van der Waals surface area (Å²) in [5.41, 5.74) is 1.04. The van der Waals surface area contributed by atoms with Gasteiger partial charge in [0.15, 0.2) is 0 Å². The van der Waals surface area contributed by atoms with E-state index in [0.29, 0.717) is 0 Å². The first-order valence-corrected chi connectivity index (χ1v) is 3.98. The molecule has 0 aromatic heterocycles. The van der Waals surface area contributed by atoms with E-state index in [0.717, 1.165) is 12.1 Å². The molecule has 0 bridgehead atoms. The monoisotopic (exact) mass is 154 g/mol. The molecule has 0 saturated heterocycles. The van der Waals surface area contributed by atoms with Crippen LogP contribution in [0.25, 0.3) is 0 Å². The fourth-order valence-electron chi connectivity index (χ4n) is 0.485. The van der Waals surface area contributed by atoms with Crippen LogP contribution in [-0.4, -0.2) is 13.1 Å². The average Bonchev–Trinajstić information content (AvgIpc) is 2.10. The zero-order valence-electron chi connectivity index (χ0n) is 7.96. The van der Waals surface area contributed by atoms with Crippen LogP contribution in [0.1, 0.15) is 34.1 Å². The molecule has 0 aromatic rings. The molecule has 0 aliphatic rings. The van der Waals surface area contributed by atoms with E-state index in [1.807, 2.05) is 26.8 Å². The Bertz CT molecular complexity index is 134. The SMILES string of the molecule is C=NC=N/C(=C\C)CC.CC. The van der Waals surface area contributed by atoms with E-state index >= 15 is 0 Å². The van der Waals surface area contributed by atoms with Crippen molar-refractivity contribution in [1.82, 2.24) is 0 Å². The fourth-order valence-corrected chi connectivity index (χ4v) is 0.485. The highest BCUT2D eigenvalue weighted by Crippen LogP contribution is 1.99. The first-order valence-electron chi connectivity index (χ1n) is 3.98. The van der Waals surface area contributed by atoms with Gasteiger partial charge in [0.1, 0.15) is 6.34 Å². The Balaban J connectivity index is 0. The largest absolute Gasteiger partial charge is 0.253 e. The summed E-state index contributed by atoms with van der Waals surface area (Å²) < 4.78 is 0. The highest BCUT2D eigenvalue weighted by molar-refractivity contribution is 5.63. The summed E-state index contributed by atoms with van der Waals surface area (Å²) in [6, 6.07) is 0. The molecular formula is C9H18N2. The average molecular weight is 154 g/mol. The molecular weight excluding hydrogens is 136 g/mol. The van der Waals surface area contributed by atoms with E-state index in [2.05, 4.69) is 23.6 Å². The molecule has 2 heteroatoms. The Kier molecular flexibility index (Phi) is 13.7. The zero-order chi connectivity index (χ0) is 9.11. The standard InChI is InChI=1S/C7H12N2.C2H6/c1-4-7(5-2)9-6-8-3;1-2/h4,6H,3,5H2,1-2H3;1-2H3/b7-4-,9-6?;. The quantitative estimate of drug-likeness (QED) is 0.441. The van der Waals surface area contributed by atoms with E-state index in [-0.39, 0.29) is 0 Å². The second-order valence-electron chi connectivity index (χ2n) is 1.56. The van der Waals surface area contributed by atoms with Crippen molar-refractivity contribution < 1.29 is 0 Å². The Hall–Kier alpha value is -0.920. The van der Waals surface area contributed by atoms with Crippen LogP contribution in [0.4, 0.5) is 0 Å². The van der Waals surface area contributed by atoms with Crippen LogP contribution < -0.4 is 0 Å². The number of hydrogen-bond acceptors (Lipinski definition) is 1. The summed E-state index contributed by atoms with van der Waals surface area (Å²) >= 11 is 0. The van der Waals surface area contributed by atoms with Crippen LogP contribution in [0.15, 0.2) is 21.8 Å². The number of rotatable bonds is 3. The van der Waals surface area contributed by atoms with E-state index in [1.54, 1.807) is 0 Å². The van der Waals surface area contributed by atoms with Gasteiger partial charge in [-0.05, 0) is 20.1 Å². The summed E-state index contributed by atoms with van der Waals surface area (Å²) in [5, 5.41) is 0. The Morgan fingerprint density at radius 2 is 2.00 bits per heavy atom. The van der Waals surface area contributed by atoms with Gasteiger partial charge in [0.25, 0.3) is 0 Å². The normalized spacial score (nSPS) is 10.7. The zero-order valence-corrected chi connectivity index (χ0v) is 7.96. The van der Waals surface area contributed by atoms with E-state index < -0.39 is 0 Å². The van der Waals surface area contributed by atoms with Crippen LogP contribution in [0.5, 0.6) is 0 Å². The molecule has 2 nitrogen and oxygen atoms in total. The molecule has 0 fully saturated rings. The topological polar surface area (TPSA) is 24.7 Å². The van der Waals surface area contributed by atoms with Crippen molar-refractivity contribution in [2.24, 2.45) is 9.98 Å². The molecule has 0 amide bonds. The molecule has 0 unspecified atom stereocenters. The van der Waals surface area contributed by atoms with Crippen LogP contribution in [-0.2, 0) is 0 Å². The van der Waals surface area contributed by atoms with Gasteiger partial charge in [-0.1, -0.05) is 26.8 Å². The molecule has 0 aliphatic heterocycles. The van der Waals surface area contributed by atoms with E-state index in [9.17, 15) is 0 Å². The first-order chi connectivity index (χ1) is 5.35. The summed E-state index contributed by atoms with van der Waals surface area (Å²) in [6.07, 6.45) is 4.36. The summed E-state index contributed by atoms with van der Waals surface area (Å²) in [4.78, 5) is 7.48.